The van der Waals surface area contributed by atoms with Crippen LogP contribution in [0.15, 0.2) is 48.5 Å². The van der Waals surface area contributed by atoms with E-state index in [1.54, 1.807) is 18.2 Å². The van der Waals surface area contributed by atoms with Crippen molar-refractivity contribution in [3.05, 3.63) is 70.8 Å². The number of benzene rings is 2. The van der Waals surface area contributed by atoms with E-state index in [1.807, 2.05) is 35.2 Å². The van der Waals surface area contributed by atoms with E-state index in [-0.39, 0.29) is 24.3 Å². The largest absolute Gasteiger partial charge is 0.336 e. The zero-order valence-electron chi connectivity index (χ0n) is 16.9. The predicted octanol–water partition coefficient (Wildman–Crippen LogP) is 4.13. The van der Waals surface area contributed by atoms with Crippen LogP contribution in [0.2, 0.25) is 0 Å². The van der Waals surface area contributed by atoms with Crippen LogP contribution in [0.3, 0.4) is 0 Å². The summed E-state index contributed by atoms with van der Waals surface area (Å²) in [6, 6.07) is 14.7. The Hall–Kier alpha value is -2.95. The molecule has 0 bridgehead atoms. The molecule has 3 amide bonds. The van der Waals surface area contributed by atoms with Crippen LogP contribution in [0.25, 0.3) is 0 Å². The number of rotatable bonds is 7. The molecule has 0 N–H and O–H groups in total. The molecule has 1 fully saturated rings. The fraction of sp³-hybridized carbons (Fsp3) is 0.375. The lowest BCUT2D eigenvalue weighted by atomic mass is 10.0. The van der Waals surface area contributed by atoms with Crippen LogP contribution in [0.4, 0.5) is 0 Å². The van der Waals surface area contributed by atoms with Crippen molar-refractivity contribution in [2.75, 3.05) is 6.54 Å². The van der Waals surface area contributed by atoms with E-state index in [2.05, 4.69) is 13.8 Å². The monoisotopic (exact) mass is 390 g/mol. The lowest BCUT2D eigenvalue weighted by Crippen LogP contribution is -2.34. The number of carbonyl (C=O) groups is 3. The summed E-state index contributed by atoms with van der Waals surface area (Å²) in [6.07, 6.45) is 3.03. The van der Waals surface area contributed by atoms with Gasteiger partial charge in [-0.25, -0.2) is 0 Å². The average Bonchev–Trinajstić information content (AvgIpc) is 3.53. The normalized spacial score (nSPS) is 15.8. The van der Waals surface area contributed by atoms with Crippen LogP contribution in [-0.2, 0) is 6.54 Å². The second-order valence-corrected chi connectivity index (χ2v) is 8.35. The number of nitrogens with zero attached hydrogens (tertiary/aromatic N) is 2. The molecule has 0 aromatic heterocycles. The second kappa shape index (κ2) is 7.82. The molecule has 0 atom stereocenters. The first-order valence-electron chi connectivity index (χ1n) is 10.3. The smallest absolute Gasteiger partial charge is 0.261 e. The summed E-state index contributed by atoms with van der Waals surface area (Å²) in [5.74, 6) is -0.150. The quantitative estimate of drug-likeness (QED) is 0.668. The van der Waals surface area contributed by atoms with Crippen molar-refractivity contribution < 1.29 is 14.4 Å². The molecule has 5 nitrogen and oxygen atoms in total. The van der Waals surface area contributed by atoms with Crippen LogP contribution in [0.1, 0.15) is 69.7 Å². The number of hydrogen-bond donors (Lipinski definition) is 0. The molecule has 150 valence electrons. The topological polar surface area (TPSA) is 57.7 Å². The highest BCUT2D eigenvalue weighted by Crippen LogP contribution is 2.31. The van der Waals surface area contributed by atoms with Crippen LogP contribution in [0.5, 0.6) is 0 Å². The van der Waals surface area contributed by atoms with Gasteiger partial charge in [0.15, 0.2) is 0 Å². The fourth-order valence-corrected chi connectivity index (χ4v) is 3.73. The average molecular weight is 390 g/mol. The molecule has 2 aliphatic rings. The zero-order valence-corrected chi connectivity index (χ0v) is 16.9. The van der Waals surface area contributed by atoms with Crippen molar-refractivity contribution in [1.29, 1.82) is 0 Å². The number of imide groups is 1. The SMILES string of the molecule is CC(C)CCN(C(=O)c1ccc2c(c1)C(=O)N(Cc1ccccc1)C2=O)C1CC1. The minimum atomic E-state index is -0.330. The molecule has 0 unspecified atom stereocenters. The van der Waals surface area contributed by atoms with E-state index in [1.165, 1.54) is 4.90 Å². The number of carbonyl (C=O) groups excluding carboxylic acids is 3. The predicted molar refractivity (Wildman–Crippen MR) is 111 cm³/mol. The highest BCUT2D eigenvalue weighted by molar-refractivity contribution is 6.22. The first-order chi connectivity index (χ1) is 14.0. The first kappa shape index (κ1) is 19.4. The summed E-state index contributed by atoms with van der Waals surface area (Å²) >= 11 is 0. The third kappa shape index (κ3) is 3.95. The standard InChI is InChI=1S/C24H26N2O3/c1-16(2)12-13-25(19-9-10-19)22(27)18-8-11-20-21(14-18)24(29)26(23(20)28)15-17-6-4-3-5-7-17/h3-8,11,14,16,19H,9-10,12-13,15H2,1-2H3. The van der Waals surface area contributed by atoms with Gasteiger partial charge in [0.2, 0.25) is 0 Å². The van der Waals surface area contributed by atoms with Gasteiger partial charge in [0, 0.05) is 18.2 Å². The van der Waals surface area contributed by atoms with Gasteiger partial charge >= 0.3 is 0 Å². The maximum absolute atomic E-state index is 13.1. The van der Waals surface area contributed by atoms with Crippen molar-refractivity contribution in [2.45, 2.75) is 45.7 Å². The second-order valence-electron chi connectivity index (χ2n) is 8.35. The van der Waals surface area contributed by atoms with Crippen LogP contribution >= 0.6 is 0 Å². The summed E-state index contributed by atoms with van der Waals surface area (Å²) in [4.78, 5) is 41.9. The van der Waals surface area contributed by atoms with Crippen LogP contribution in [-0.4, -0.2) is 40.1 Å². The lowest BCUT2D eigenvalue weighted by Gasteiger charge is -2.23. The lowest BCUT2D eigenvalue weighted by molar-refractivity contribution is 0.0641. The van der Waals surface area contributed by atoms with Gasteiger partial charge in [0.05, 0.1) is 17.7 Å². The van der Waals surface area contributed by atoms with Crippen molar-refractivity contribution in [3.63, 3.8) is 0 Å². The van der Waals surface area contributed by atoms with Gasteiger partial charge in [-0.1, -0.05) is 44.2 Å². The highest BCUT2D eigenvalue weighted by atomic mass is 16.2. The Morgan fingerprint density at radius 1 is 1.03 bits per heavy atom. The minimum absolute atomic E-state index is 0.0438. The van der Waals surface area contributed by atoms with Gasteiger partial charge in [-0.3, -0.25) is 19.3 Å². The number of amides is 3. The van der Waals surface area contributed by atoms with E-state index in [0.717, 1.165) is 31.4 Å². The maximum atomic E-state index is 13.1. The van der Waals surface area contributed by atoms with E-state index < -0.39 is 0 Å². The first-order valence-corrected chi connectivity index (χ1v) is 10.3. The van der Waals surface area contributed by atoms with E-state index in [9.17, 15) is 14.4 Å². The van der Waals surface area contributed by atoms with Gasteiger partial charge in [-0.05, 0) is 48.9 Å². The summed E-state index contributed by atoms with van der Waals surface area (Å²) < 4.78 is 0. The van der Waals surface area contributed by atoms with Gasteiger partial charge in [0.25, 0.3) is 17.7 Å². The Labute approximate surface area is 171 Å². The summed E-state index contributed by atoms with van der Waals surface area (Å²) in [5.41, 5.74) is 2.09. The van der Waals surface area contributed by atoms with Gasteiger partial charge in [-0.15, -0.1) is 0 Å². The van der Waals surface area contributed by atoms with E-state index in [0.29, 0.717) is 28.7 Å². The Morgan fingerprint density at radius 2 is 1.72 bits per heavy atom. The van der Waals surface area contributed by atoms with E-state index >= 15 is 0 Å². The molecule has 0 saturated heterocycles. The summed E-state index contributed by atoms with van der Waals surface area (Å²) in [7, 11) is 0. The molecular weight excluding hydrogens is 364 g/mol. The molecule has 2 aromatic carbocycles. The zero-order chi connectivity index (χ0) is 20.5. The van der Waals surface area contributed by atoms with Gasteiger partial charge < -0.3 is 4.90 Å². The van der Waals surface area contributed by atoms with Crippen molar-refractivity contribution in [2.24, 2.45) is 5.92 Å². The molecule has 5 heteroatoms. The molecule has 0 spiro atoms. The Kier molecular flexibility index (Phi) is 5.22. The molecule has 0 radical (unpaired) electrons. The van der Waals surface area contributed by atoms with Crippen molar-refractivity contribution >= 4 is 17.7 Å². The maximum Gasteiger partial charge on any atom is 0.261 e. The third-order valence-electron chi connectivity index (χ3n) is 5.60. The Balaban J connectivity index is 1.56. The summed E-state index contributed by atoms with van der Waals surface area (Å²) in [6.45, 7) is 5.26. The molecule has 4 rings (SSSR count). The minimum Gasteiger partial charge on any atom is -0.336 e. The molecular formula is C24H26N2O3. The summed E-state index contributed by atoms with van der Waals surface area (Å²) in [5, 5.41) is 0. The molecule has 29 heavy (non-hydrogen) atoms. The Bertz CT molecular complexity index is 948. The van der Waals surface area contributed by atoms with Gasteiger partial charge in [-0.2, -0.15) is 0 Å². The van der Waals surface area contributed by atoms with Crippen LogP contribution < -0.4 is 0 Å². The molecule has 1 saturated carbocycles. The molecule has 2 aromatic rings. The Morgan fingerprint density at radius 3 is 2.38 bits per heavy atom. The number of hydrogen-bond acceptors (Lipinski definition) is 3. The van der Waals surface area contributed by atoms with Crippen molar-refractivity contribution in [3.8, 4) is 0 Å². The molecule has 1 aliphatic carbocycles. The van der Waals surface area contributed by atoms with Crippen molar-refractivity contribution in [1.82, 2.24) is 9.80 Å². The van der Waals surface area contributed by atoms with Gasteiger partial charge in [0.1, 0.15) is 0 Å². The number of fused-ring (bicyclic) bond motifs is 1. The van der Waals surface area contributed by atoms with Crippen LogP contribution in [0, 0.1) is 5.92 Å². The molecule has 1 heterocycles. The fourth-order valence-electron chi connectivity index (χ4n) is 3.73. The molecule has 1 aliphatic heterocycles. The highest BCUT2D eigenvalue weighted by Gasteiger charge is 2.37. The third-order valence-corrected chi connectivity index (χ3v) is 5.60. The van der Waals surface area contributed by atoms with E-state index in [4.69, 9.17) is 0 Å².